The first kappa shape index (κ1) is 21.2. The second-order valence-electron chi connectivity index (χ2n) is 6.69. The summed E-state index contributed by atoms with van der Waals surface area (Å²) in [6, 6.07) is 24.2. The number of carbonyl (C=O) groups is 1. The van der Waals surface area contributed by atoms with Gasteiger partial charge in [-0.25, -0.2) is 0 Å². The van der Waals surface area contributed by atoms with Crippen molar-refractivity contribution in [1.82, 2.24) is 0 Å². The Balaban J connectivity index is 1.54. The zero-order valence-corrected chi connectivity index (χ0v) is 17.2. The molecule has 0 heterocycles. The molecule has 0 saturated carbocycles. The lowest BCUT2D eigenvalue weighted by atomic mass is 10.2. The molecule has 156 valence electrons. The number of anilines is 1. The lowest BCUT2D eigenvalue weighted by molar-refractivity contribution is 0.102. The largest absolute Gasteiger partial charge is 0.493 e. The summed E-state index contributed by atoms with van der Waals surface area (Å²) in [5.41, 5.74) is 1.17. The van der Waals surface area contributed by atoms with Crippen molar-refractivity contribution in [2.24, 2.45) is 0 Å². The van der Waals surface area contributed by atoms with Crippen LogP contribution in [0.15, 0.2) is 78.9 Å². The van der Waals surface area contributed by atoms with Crippen molar-refractivity contribution in [2.75, 3.05) is 25.1 Å². The van der Waals surface area contributed by atoms with E-state index in [1.165, 1.54) is 0 Å². The molecule has 3 aromatic carbocycles. The summed E-state index contributed by atoms with van der Waals surface area (Å²) in [6.45, 7) is 3.53. The van der Waals surface area contributed by atoms with Crippen molar-refractivity contribution < 1.29 is 19.0 Å². The Hall–Kier alpha value is -3.47. The number of nitrogens with one attached hydrogen (secondary N) is 1. The van der Waals surface area contributed by atoms with E-state index in [0.29, 0.717) is 42.6 Å². The molecule has 0 spiro atoms. The Kier molecular flexibility index (Phi) is 8.15. The molecule has 30 heavy (non-hydrogen) atoms. The van der Waals surface area contributed by atoms with E-state index >= 15 is 0 Å². The minimum Gasteiger partial charge on any atom is -0.493 e. The Labute approximate surface area is 177 Å². The molecule has 1 amide bonds. The number of carbonyl (C=O) groups excluding carboxylic acids is 1. The Morgan fingerprint density at radius 1 is 0.767 bits per heavy atom. The fourth-order valence-corrected chi connectivity index (χ4v) is 2.80. The predicted molar refractivity (Wildman–Crippen MR) is 119 cm³/mol. The first-order valence-corrected chi connectivity index (χ1v) is 10.2. The van der Waals surface area contributed by atoms with Gasteiger partial charge in [-0.15, -0.1) is 0 Å². The maximum absolute atomic E-state index is 12.7. The molecule has 0 aliphatic heterocycles. The van der Waals surface area contributed by atoms with Crippen molar-refractivity contribution >= 4 is 11.6 Å². The van der Waals surface area contributed by atoms with E-state index in [0.717, 1.165) is 18.6 Å². The van der Waals surface area contributed by atoms with Gasteiger partial charge in [0.1, 0.15) is 30.5 Å². The van der Waals surface area contributed by atoms with E-state index in [2.05, 4.69) is 12.2 Å². The Bertz CT molecular complexity index is 927. The average molecular weight is 405 g/mol. The van der Waals surface area contributed by atoms with Crippen LogP contribution in [-0.4, -0.2) is 25.7 Å². The Morgan fingerprint density at radius 2 is 1.47 bits per heavy atom. The van der Waals surface area contributed by atoms with Crippen molar-refractivity contribution in [2.45, 2.75) is 19.8 Å². The van der Waals surface area contributed by atoms with E-state index < -0.39 is 0 Å². The van der Waals surface area contributed by atoms with E-state index in [9.17, 15) is 4.79 Å². The third-order valence-corrected chi connectivity index (χ3v) is 4.34. The zero-order valence-electron chi connectivity index (χ0n) is 17.2. The number of benzene rings is 3. The highest BCUT2D eigenvalue weighted by Gasteiger charge is 2.12. The SMILES string of the molecule is CCCCOc1ccccc1C(=O)Nc1cccc(OCCOc2ccccc2)c1. The van der Waals surface area contributed by atoms with Gasteiger partial charge in [0.05, 0.1) is 12.2 Å². The van der Waals surface area contributed by atoms with Crippen LogP contribution in [0.4, 0.5) is 5.69 Å². The van der Waals surface area contributed by atoms with Crippen molar-refractivity contribution in [3.8, 4) is 17.2 Å². The van der Waals surface area contributed by atoms with E-state index in [-0.39, 0.29) is 5.91 Å². The topological polar surface area (TPSA) is 56.8 Å². The molecule has 0 fully saturated rings. The van der Waals surface area contributed by atoms with Gasteiger partial charge in [0.15, 0.2) is 0 Å². The molecule has 5 heteroatoms. The van der Waals surface area contributed by atoms with Crippen molar-refractivity contribution in [3.05, 3.63) is 84.4 Å². The minimum absolute atomic E-state index is 0.216. The van der Waals surface area contributed by atoms with E-state index in [4.69, 9.17) is 14.2 Å². The fourth-order valence-electron chi connectivity index (χ4n) is 2.80. The first-order valence-electron chi connectivity index (χ1n) is 10.2. The molecule has 3 rings (SSSR count). The maximum Gasteiger partial charge on any atom is 0.259 e. The standard InChI is InChI=1S/C25H27NO4/c1-2-3-16-30-24-15-8-7-14-23(24)25(27)26-20-10-9-13-22(19-20)29-18-17-28-21-11-5-4-6-12-21/h4-15,19H,2-3,16-18H2,1H3,(H,26,27). The van der Waals surface area contributed by atoms with Crippen LogP contribution < -0.4 is 19.5 Å². The molecule has 0 aromatic heterocycles. The molecule has 0 radical (unpaired) electrons. The Morgan fingerprint density at radius 3 is 2.27 bits per heavy atom. The second kappa shape index (κ2) is 11.5. The van der Waals surface area contributed by atoms with Crippen LogP contribution in [0.1, 0.15) is 30.1 Å². The number of rotatable bonds is 11. The molecule has 0 atom stereocenters. The third-order valence-electron chi connectivity index (χ3n) is 4.34. The summed E-state index contributed by atoms with van der Waals surface area (Å²) in [5.74, 6) is 1.85. The van der Waals surface area contributed by atoms with Gasteiger partial charge in [-0.2, -0.15) is 0 Å². The van der Waals surface area contributed by atoms with Gasteiger partial charge >= 0.3 is 0 Å². The molecule has 0 saturated heterocycles. The van der Waals surface area contributed by atoms with Crippen molar-refractivity contribution in [3.63, 3.8) is 0 Å². The normalized spacial score (nSPS) is 10.3. The lowest BCUT2D eigenvalue weighted by Gasteiger charge is -2.12. The summed E-state index contributed by atoms with van der Waals surface area (Å²) < 4.78 is 17.1. The molecule has 3 aromatic rings. The van der Waals surface area contributed by atoms with Gasteiger partial charge in [0.2, 0.25) is 0 Å². The maximum atomic E-state index is 12.7. The fraction of sp³-hybridized carbons (Fsp3) is 0.240. The number of hydrogen-bond acceptors (Lipinski definition) is 4. The van der Waals surface area contributed by atoms with Crippen molar-refractivity contribution in [1.29, 1.82) is 0 Å². The second-order valence-corrected chi connectivity index (χ2v) is 6.69. The molecule has 0 bridgehead atoms. The molecular formula is C25H27NO4. The van der Waals surface area contributed by atoms with Gasteiger partial charge in [0, 0.05) is 11.8 Å². The molecular weight excluding hydrogens is 378 g/mol. The molecule has 1 N–H and O–H groups in total. The lowest BCUT2D eigenvalue weighted by Crippen LogP contribution is -2.14. The highest BCUT2D eigenvalue weighted by Crippen LogP contribution is 2.22. The number of hydrogen-bond donors (Lipinski definition) is 1. The molecule has 0 aliphatic rings. The summed E-state index contributed by atoms with van der Waals surface area (Å²) in [6.07, 6.45) is 1.99. The number of amides is 1. The van der Waals surface area contributed by atoms with Crippen LogP contribution >= 0.6 is 0 Å². The average Bonchev–Trinajstić information content (AvgIpc) is 2.78. The van der Waals surface area contributed by atoms with Crippen LogP contribution in [0.2, 0.25) is 0 Å². The smallest absolute Gasteiger partial charge is 0.259 e. The highest BCUT2D eigenvalue weighted by atomic mass is 16.5. The predicted octanol–water partition coefficient (Wildman–Crippen LogP) is 5.58. The highest BCUT2D eigenvalue weighted by molar-refractivity contribution is 6.06. The van der Waals surface area contributed by atoms with Gasteiger partial charge < -0.3 is 19.5 Å². The summed E-state index contributed by atoms with van der Waals surface area (Å²) in [4.78, 5) is 12.7. The van der Waals surface area contributed by atoms with Crippen LogP contribution in [-0.2, 0) is 0 Å². The summed E-state index contributed by atoms with van der Waals surface area (Å²) in [5, 5.41) is 2.92. The first-order chi connectivity index (χ1) is 14.8. The monoisotopic (exact) mass is 405 g/mol. The van der Waals surface area contributed by atoms with E-state index in [1.807, 2.05) is 66.7 Å². The summed E-state index contributed by atoms with van der Waals surface area (Å²) in [7, 11) is 0. The van der Waals surface area contributed by atoms with Gasteiger partial charge in [-0.05, 0) is 42.8 Å². The number of unbranched alkanes of at least 4 members (excludes halogenated alkanes) is 1. The van der Waals surface area contributed by atoms with Crippen LogP contribution in [0.5, 0.6) is 17.2 Å². The number of ether oxygens (including phenoxy) is 3. The van der Waals surface area contributed by atoms with E-state index in [1.54, 1.807) is 12.1 Å². The zero-order chi connectivity index (χ0) is 21.0. The molecule has 0 aliphatic carbocycles. The number of para-hydroxylation sites is 2. The molecule has 5 nitrogen and oxygen atoms in total. The quantitative estimate of drug-likeness (QED) is 0.423. The van der Waals surface area contributed by atoms with Crippen LogP contribution in [0.3, 0.4) is 0 Å². The van der Waals surface area contributed by atoms with Crippen LogP contribution in [0.25, 0.3) is 0 Å². The van der Waals surface area contributed by atoms with Crippen LogP contribution in [0, 0.1) is 0 Å². The van der Waals surface area contributed by atoms with Gasteiger partial charge in [0.25, 0.3) is 5.91 Å². The van der Waals surface area contributed by atoms with Gasteiger partial charge in [-0.3, -0.25) is 4.79 Å². The molecule has 0 unspecified atom stereocenters. The minimum atomic E-state index is -0.216. The summed E-state index contributed by atoms with van der Waals surface area (Å²) >= 11 is 0. The third kappa shape index (κ3) is 6.55. The van der Waals surface area contributed by atoms with Gasteiger partial charge in [-0.1, -0.05) is 49.7 Å².